The number of hydrogen-bond donors (Lipinski definition) is 1. The molecule has 1 heterocycles. The number of anilines is 1. The molecule has 0 saturated heterocycles. The van der Waals surface area contributed by atoms with Crippen LogP contribution in [0.25, 0.3) is 10.9 Å². The Morgan fingerprint density at radius 3 is 2.61 bits per heavy atom. The van der Waals surface area contributed by atoms with E-state index in [9.17, 15) is 8.42 Å². The number of nitrogens with zero attached hydrogens (tertiary/aromatic N) is 1. The molecule has 0 unspecified atom stereocenters. The Bertz CT molecular complexity index is 1000. The minimum Gasteiger partial charge on any atom is -0.278 e. The summed E-state index contributed by atoms with van der Waals surface area (Å²) in [6.07, 6.45) is 1.47. The van der Waals surface area contributed by atoms with Crippen LogP contribution in [0.3, 0.4) is 0 Å². The predicted octanol–water partition coefficient (Wildman–Crippen LogP) is 4.65. The summed E-state index contributed by atoms with van der Waals surface area (Å²) in [7, 11) is -3.83. The summed E-state index contributed by atoms with van der Waals surface area (Å²) in [5.41, 5.74) is 1.68. The molecule has 0 aliphatic heterocycles. The number of nitrogens with one attached hydrogen (secondary N) is 1. The smallest absolute Gasteiger partial charge is 0.263 e. The molecule has 0 radical (unpaired) electrons. The van der Waals surface area contributed by atoms with E-state index in [1.54, 1.807) is 13.0 Å². The van der Waals surface area contributed by atoms with Gasteiger partial charge in [-0.1, -0.05) is 41.4 Å². The van der Waals surface area contributed by atoms with Gasteiger partial charge in [-0.05, 0) is 36.8 Å². The lowest BCUT2D eigenvalue weighted by molar-refractivity contribution is 0.601. The van der Waals surface area contributed by atoms with Gasteiger partial charge in [-0.3, -0.25) is 9.71 Å². The molecule has 0 aliphatic carbocycles. The molecule has 7 heteroatoms. The number of fused-ring (bicyclic) bond motifs is 1. The van der Waals surface area contributed by atoms with Crippen molar-refractivity contribution < 1.29 is 8.42 Å². The van der Waals surface area contributed by atoms with Crippen molar-refractivity contribution in [2.75, 3.05) is 4.72 Å². The van der Waals surface area contributed by atoms with Gasteiger partial charge in [-0.15, -0.1) is 0 Å². The summed E-state index contributed by atoms with van der Waals surface area (Å²) < 4.78 is 27.6. The molecule has 2 aromatic carbocycles. The standard InChI is InChI=1S/C16H12Cl2N2O2S/c1-10-13(17)6-7-15(16(10)18)23(21,22)20-12-8-11-4-2-3-5-14(11)19-9-12/h2-9,20H,1H3. The third kappa shape index (κ3) is 3.13. The van der Waals surface area contributed by atoms with Gasteiger partial charge in [0.25, 0.3) is 10.0 Å². The van der Waals surface area contributed by atoms with E-state index in [1.165, 1.54) is 18.3 Å². The van der Waals surface area contributed by atoms with Crippen LogP contribution in [0.4, 0.5) is 5.69 Å². The van der Waals surface area contributed by atoms with Gasteiger partial charge in [0.2, 0.25) is 0 Å². The Hall–Kier alpha value is -1.82. The highest BCUT2D eigenvalue weighted by atomic mass is 35.5. The SMILES string of the molecule is Cc1c(Cl)ccc(S(=O)(=O)Nc2cnc3ccccc3c2)c1Cl. The summed E-state index contributed by atoms with van der Waals surface area (Å²) in [4.78, 5) is 4.21. The van der Waals surface area contributed by atoms with Gasteiger partial charge in [-0.25, -0.2) is 8.42 Å². The zero-order chi connectivity index (χ0) is 16.6. The number of benzene rings is 2. The van der Waals surface area contributed by atoms with Gasteiger partial charge in [0, 0.05) is 10.4 Å². The molecule has 0 fully saturated rings. The van der Waals surface area contributed by atoms with Gasteiger partial charge in [0.1, 0.15) is 4.90 Å². The van der Waals surface area contributed by atoms with Crippen molar-refractivity contribution in [2.45, 2.75) is 11.8 Å². The van der Waals surface area contributed by atoms with E-state index in [2.05, 4.69) is 9.71 Å². The number of hydrogen-bond acceptors (Lipinski definition) is 3. The third-order valence-corrected chi connectivity index (χ3v) is 5.85. The van der Waals surface area contributed by atoms with Crippen molar-refractivity contribution >= 4 is 49.8 Å². The molecule has 0 bridgehead atoms. The van der Waals surface area contributed by atoms with Crippen LogP contribution in [-0.4, -0.2) is 13.4 Å². The van der Waals surface area contributed by atoms with Gasteiger partial charge < -0.3 is 0 Å². The van der Waals surface area contributed by atoms with Crippen LogP contribution >= 0.6 is 23.2 Å². The van der Waals surface area contributed by atoms with Crippen LogP contribution in [0.1, 0.15) is 5.56 Å². The van der Waals surface area contributed by atoms with Crippen molar-refractivity contribution in [1.29, 1.82) is 0 Å². The van der Waals surface area contributed by atoms with Gasteiger partial charge >= 0.3 is 0 Å². The number of para-hydroxylation sites is 1. The normalized spacial score (nSPS) is 11.6. The Kier molecular flexibility index (Phi) is 4.19. The quantitative estimate of drug-likeness (QED) is 0.733. The first-order valence-corrected chi connectivity index (χ1v) is 8.94. The lowest BCUT2D eigenvalue weighted by Gasteiger charge is -2.12. The number of rotatable bonds is 3. The molecule has 0 amide bonds. The Morgan fingerprint density at radius 2 is 1.83 bits per heavy atom. The molecule has 0 aliphatic rings. The molecule has 0 saturated carbocycles. The molecule has 3 aromatic rings. The van der Waals surface area contributed by atoms with Crippen LogP contribution < -0.4 is 4.72 Å². The zero-order valence-electron chi connectivity index (χ0n) is 12.0. The average Bonchev–Trinajstić information content (AvgIpc) is 2.52. The summed E-state index contributed by atoms with van der Waals surface area (Å²) in [5, 5.41) is 1.37. The minimum atomic E-state index is -3.83. The highest BCUT2D eigenvalue weighted by Gasteiger charge is 2.20. The monoisotopic (exact) mass is 366 g/mol. The molecule has 1 N–H and O–H groups in total. The first-order chi connectivity index (χ1) is 10.9. The number of pyridine rings is 1. The molecular formula is C16H12Cl2N2O2S. The van der Waals surface area contributed by atoms with E-state index in [0.717, 1.165) is 10.9 Å². The first-order valence-electron chi connectivity index (χ1n) is 6.71. The van der Waals surface area contributed by atoms with Crippen LogP contribution in [-0.2, 0) is 10.0 Å². The van der Waals surface area contributed by atoms with E-state index >= 15 is 0 Å². The molecule has 0 atom stereocenters. The van der Waals surface area contributed by atoms with Gasteiger partial charge in [0.15, 0.2) is 0 Å². The molecule has 23 heavy (non-hydrogen) atoms. The second-order valence-corrected chi connectivity index (χ2v) is 7.44. The van der Waals surface area contributed by atoms with Crippen molar-refractivity contribution in [3.05, 3.63) is 64.3 Å². The van der Waals surface area contributed by atoms with E-state index in [0.29, 0.717) is 16.3 Å². The average molecular weight is 367 g/mol. The summed E-state index contributed by atoms with van der Waals surface area (Å²) in [6.45, 7) is 1.67. The Balaban J connectivity index is 2.01. The Morgan fingerprint density at radius 1 is 1.09 bits per heavy atom. The van der Waals surface area contributed by atoms with Crippen molar-refractivity contribution in [1.82, 2.24) is 4.98 Å². The number of halogens is 2. The number of sulfonamides is 1. The second-order valence-electron chi connectivity index (χ2n) is 5.01. The topological polar surface area (TPSA) is 59.1 Å². The van der Waals surface area contributed by atoms with Crippen molar-refractivity contribution in [3.8, 4) is 0 Å². The Labute approximate surface area is 144 Å². The molecular weight excluding hydrogens is 355 g/mol. The summed E-state index contributed by atoms with van der Waals surface area (Å²) in [6, 6.07) is 12.1. The highest BCUT2D eigenvalue weighted by molar-refractivity contribution is 7.92. The summed E-state index contributed by atoms with van der Waals surface area (Å²) >= 11 is 12.1. The lowest BCUT2D eigenvalue weighted by Crippen LogP contribution is -2.14. The maximum atomic E-state index is 12.6. The van der Waals surface area contributed by atoms with E-state index in [4.69, 9.17) is 23.2 Å². The fourth-order valence-electron chi connectivity index (χ4n) is 2.18. The predicted molar refractivity (Wildman–Crippen MR) is 93.8 cm³/mol. The van der Waals surface area contributed by atoms with E-state index in [1.807, 2.05) is 24.3 Å². The van der Waals surface area contributed by atoms with E-state index < -0.39 is 10.0 Å². The lowest BCUT2D eigenvalue weighted by atomic mass is 10.2. The maximum absolute atomic E-state index is 12.6. The van der Waals surface area contributed by atoms with Crippen molar-refractivity contribution in [3.63, 3.8) is 0 Å². The van der Waals surface area contributed by atoms with E-state index in [-0.39, 0.29) is 9.92 Å². The molecule has 1 aromatic heterocycles. The molecule has 118 valence electrons. The fourth-order valence-corrected chi connectivity index (χ4v) is 4.02. The molecule has 3 rings (SSSR count). The number of aromatic nitrogens is 1. The third-order valence-electron chi connectivity index (χ3n) is 3.42. The van der Waals surface area contributed by atoms with Crippen LogP contribution in [0.2, 0.25) is 10.0 Å². The van der Waals surface area contributed by atoms with Crippen LogP contribution in [0.5, 0.6) is 0 Å². The van der Waals surface area contributed by atoms with Gasteiger partial charge in [-0.2, -0.15) is 0 Å². The fraction of sp³-hybridized carbons (Fsp3) is 0.0625. The van der Waals surface area contributed by atoms with Gasteiger partial charge in [0.05, 0.1) is 22.4 Å². The largest absolute Gasteiger partial charge is 0.278 e. The highest BCUT2D eigenvalue weighted by Crippen LogP contribution is 2.31. The summed E-state index contributed by atoms with van der Waals surface area (Å²) in [5.74, 6) is 0. The molecule has 0 spiro atoms. The van der Waals surface area contributed by atoms with Crippen LogP contribution in [0.15, 0.2) is 53.6 Å². The van der Waals surface area contributed by atoms with Crippen LogP contribution in [0, 0.1) is 6.92 Å². The zero-order valence-corrected chi connectivity index (χ0v) is 14.4. The first kappa shape index (κ1) is 16.1. The minimum absolute atomic E-state index is 0.0192. The van der Waals surface area contributed by atoms with Crippen molar-refractivity contribution in [2.24, 2.45) is 0 Å². The molecule has 4 nitrogen and oxygen atoms in total. The maximum Gasteiger partial charge on any atom is 0.263 e. The second kappa shape index (κ2) is 6.00.